The molecule has 1 amide bonds. The molecular formula is C19H23NO3. The van der Waals surface area contributed by atoms with E-state index in [1.54, 1.807) is 7.11 Å². The first-order valence-electron chi connectivity index (χ1n) is 7.63. The topological polar surface area (TPSA) is 47.6 Å². The molecule has 0 bridgehead atoms. The molecule has 0 unspecified atom stereocenters. The molecule has 4 nitrogen and oxygen atoms in total. The minimum absolute atomic E-state index is 0.0105. The zero-order chi connectivity index (χ0) is 16.8. The summed E-state index contributed by atoms with van der Waals surface area (Å²) in [5.74, 6) is 1.33. The maximum Gasteiger partial charge on any atom is 0.258 e. The zero-order valence-corrected chi connectivity index (χ0v) is 14.1. The van der Waals surface area contributed by atoms with E-state index in [2.05, 4.69) is 5.32 Å². The lowest BCUT2D eigenvalue weighted by Crippen LogP contribution is -2.31. The van der Waals surface area contributed by atoms with Crippen LogP contribution in [-0.4, -0.2) is 19.6 Å². The van der Waals surface area contributed by atoms with Gasteiger partial charge >= 0.3 is 0 Å². The summed E-state index contributed by atoms with van der Waals surface area (Å²) in [6, 6.07) is 13.4. The fourth-order valence-electron chi connectivity index (χ4n) is 2.49. The molecule has 1 N–H and O–H groups in total. The van der Waals surface area contributed by atoms with Crippen LogP contribution in [0.1, 0.15) is 29.7 Å². The van der Waals surface area contributed by atoms with Crippen molar-refractivity contribution >= 4 is 5.91 Å². The maximum atomic E-state index is 12.1. The van der Waals surface area contributed by atoms with Gasteiger partial charge in [-0.15, -0.1) is 0 Å². The van der Waals surface area contributed by atoms with Crippen LogP contribution in [0.5, 0.6) is 11.5 Å². The van der Waals surface area contributed by atoms with E-state index in [0.29, 0.717) is 0 Å². The van der Waals surface area contributed by atoms with Gasteiger partial charge in [0, 0.05) is 5.56 Å². The first-order chi connectivity index (χ1) is 11.0. The first kappa shape index (κ1) is 16.9. The third kappa shape index (κ3) is 4.49. The number of benzene rings is 2. The second-order valence-corrected chi connectivity index (χ2v) is 5.59. The molecule has 0 radical (unpaired) electrons. The monoisotopic (exact) mass is 313 g/mol. The number of methoxy groups -OCH3 is 1. The van der Waals surface area contributed by atoms with E-state index in [-0.39, 0.29) is 18.6 Å². The van der Waals surface area contributed by atoms with Crippen LogP contribution in [-0.2, 0) is 4.79 Å². The van der Waals surface area contributed by atoms with Crippen molar-refractivity contribution in [2.45, 2.75) is 26.8 Å². The van der Waals surface area contributed by atoms with Gasteiger partial charge in [0.1, 0.15) is 11.5 Å². The second-order valence-electron chi connectivity index (χ2n) is 5.59. The lowest BCUT2D eigenvalue weighted by molar-refractivity contribution is -0.123. The van der Waals surface area contributed by atoms with Crippen LogP contribution < -0.4 is 14.8 Å². The molecule has 122 valence electrons. The lowest BCUT2D eigenvalue weighted by Gasteiger charge is -2.17. The number of hydrogen-bond acceptors (Lipinski definition) is 3. The van der Waals surface area contributed by atoms with Crippen LogP contribution in [0.4, 0.5) is 0 Å². The molecule has 0 saturated heterocycles. The number of carbonyl (C=O) groups excluding carboxylic acids is 1. The van der Waals surface area contributed by atoms with E-state index in [9.17, 15) is 4.79 Å². The molecule has 0 fully saturated rings. The molecule has 0 aromatic heterocycles. The van der Waals surface area contributed by atoms with Gasteiger partial charge in [0.15, 0.2) is 6.61 Å². The Morgan fingerprint density at radius 3 is 2.57 bits per heavy atom. The quantitative estimate of drug-likeness (QED) is 0.887. The Labute approximate surface area is 137 Å². The molecule has 0 aliphatic rings. The Hall–Kier alpha value is -2.49. The van der Waals surface area contributed by atoms with Crippen molar-refractivity contribution in [3.05, 3.63) is 59.2 Å². The number of nitrogens with one attached hydrogen (secondary N) is 1. The highest BCUT2D eigenvalue weighted by molar-refractivity contribution is 5.78. The molecule has 2 rings (SSSR count). The van der Waals surface area contributed by atoms with Crippen molar-refractivity contribution in [1.29, 1.82) is 0 Å². The molecule has 2 aromatic carbocycles. The lowest BCUT2D eigenvalue weighted by atomic mass is 10.1. The largest absolute Gasteiger partial charge is 0.496 e. The summed E-state index contributed by atoms with van der Waals surface area (Å²) in [6.07, 6.45) is 0. The van der Waals surface area contributed by atoms with Gasteiger partial charge in [-0.05, 0) is 38.5 Å². The summed E-state index contributed by atoms with van der Waals surface area (Å²) in [7, 11) is 1.62. The number of carbonyl (C=O) groups is 1. The number of para-hydroxylation sites is 1. The maximum absolute atomic E-state index is 12.1. The van der Waals surface area contributed by atoms with E-state index < -0.39 is 0 Å². The average Bonchev–Trinajstić information content (AvgIpc) is 2.54. The van der Waals surface area contributed by atoms with Crippen molar-refractivity contribution in [3.63, 3.8) is 0 Å². The summed E-state index contributed by atoms with van der Waals surface area (Å²) < 4.78 is 10.9. The van der Waals surface area contributed by atoms with Crippen LogP contribution in [0.2, 0.25) is 0 Å². The molecule has 0 aliphatic heterocycles. The molecule has 0 spiro atoms. The number of aryl methyl sites for hydroxylation is 2. The van der Waals surface area contributed by atoms with Crippen LogP contribution in [0.25, 0.3) is 0 Å². The molecule has 1 atom stereocenters. The van der Waals surface area contributed by atoms with Crippen LogP contribution in [0.15, 0.2) is 42.5 Å². The zero-order valence-electron chi connectivity index (χ0n) is 14.1. The van der Waals surface area contributed by atoms with Gasteiger partial charge in [-0.3, -0.25) is 4.79 Å². The summed E-state index contributed by atoms with van der Waals surface area (Å²) in [4.78, 5) is 12.1. The normalized spacial score (nSPS) is 11.7. The fourth-order valence-corrected chi connectivity index (χ4v) is 2.49. The first-order valence-corrected chi connectivity index (χ1v) is 7.63. The highest BCUT2D eigenvalue weighted by Gasteiger charge is 2.14. The van der Waals surface area contributed by atoms with Gasteiger partial charge in [0.2, 0.25) is 0 Å². The van der Waals surface area contributed by atoms with Crippen molar-refractivity contribution in [1.82, 2.24) is 5.32 Å². The van der Waals surface area contributed by atoms with Gasteiger partial charge < -0.3 is 14.8 Å². The minimum Gasteiger partial charge on any atom is -0.496 e. The van der Waals surface area contributed by atoms with Gasteiger partial charge in [-0.1, -0.05) is 35.9 Å². The third-order valence-electron chi connectivity index (χ3n) is 3.67. The third-order valence-corrected chi connectivity index (χ3v) is 3.67. The van der Waals surface area contributed by atoms with Crippen molar-refractivity contribution in [2.75, 3.05) is 13.7 Å². The van der Waals surface area contributed by atoms with Crippen molar-refractivity contribution < 1.29 is 14.3 Å². The summed E-state index contributed by atoms with van der Waals surface area (Å²) >= 11 is 0. The number of rotatable bonds is 6. The standard InChI is InChI=1S/C19H23NO3/c1-13-9-10-17(14(2)11-13)23-12-19(21)20-15(3)16-7-5-6-8-18(16)22-4/h5-11,15H,12H2,1-4H3,(H,20,21)/t15-/m0/s1. The van der Waals surface area contributed by atoms with Crippen molar-refractivity contribution in [2.24, 2.45) is 0 Å². The van der Waals surface area contributed by atoms with E-state index in [1.807, 2.05) is 63.2 Å². The molecule has 0 heterocycles. The summed E-state index contributed by atoms with van der Waals surface area (Å²) in [5.41, 5.74) is 3.13. The van der Waals surface area contributed by atoms with Crippen LogP contribution >= 0.6 is 0 Å². The van der Waals surface area contributed by atoms with Gasteiger partial charge in [0.05, 0.1) is 13.2 Å². The molecule has 0 aliphatic carbocycles. The second kappa shape index (κ2) is 7.68. The SMILES string of the molecule is COc1ccccc1[C@H](C)NC(=O)COc1ccc(C)cc1C. The van der Waals surface area contributed by atoms with E-state index >= 15 is 0 Å². The number of amides is 1. The van der Waals surface area contributed by atoms with E-state index in [4.69, 9.17) is 9.47 Å². The Balaban J connectivity index is 1.94. The number of ether oxygens (including phenoxy) is 2. The Morgan fingerprint density at radius 2 is 1.87 bits per heavy atom. The molecular weight excluding hydrogens is 290 g/mol. The molecule has 0 saturated carbocycles. The van der Waals surface area contributed by atoms with Gasteiger partial charge in [-0.25, -0.2) is 0 Å². The van der Waals surface area contributed by atoms with Gasteiger partial charge in [-0.2, -0.15) is 0 Å². The smallest absolute Gasteiger partial charge is 0.258 e. The summed E-state index contributed by atoms with van der Waals surface area (Å²) in [5, 5.41) is 2.93. The number of hydrogen-bond donors (Lipinski definition) is 1. The highest BCUT2D eigenvalue weighted by atomic mass is 16.5. The minimum atomic E-state index is -0.164. The Kier molecular flexibility index (Phi) is 5.63. The Morgan fingerprint density at radius 1 is 1.13 bits per heavy atom. The van der Waals surface area contributed by atoms with Gasteiger partial charge in [0.25, 0.3) is 5.91 Å². The average molecular weight is 313 g/mol. The molecule has 23 heavy (non-hydrogen) atoms. The van der Waals surface area contributed by atoms with E-state index in [1.165, 1.54) is 5.56 Å². The van der Waals surface area contributed by atoms with Crippen LogP contribution in [0.3, 0.4) is 0 Å². The van der Waals surface area contributed by atoms with E-state index in [0.717, 1.165) is 22.6 Å². The Bertz CT molecular complexity index is 682. The predicted octanol–water partition coefficient (Wildman–Crippen LogP) is 3.57. The van der Waals surface area contributed by atoms with Crippen LogP contribution in [0, 0.1) is 13.8 Å². The summed E-state index contributed by atoms with van der Waals surface area (Å²) in [6.45, 7) is 5.91. The predicted molar refractivity (Wildman–Crippen MR) is 91.0 cm³/mol. The highest BCUT2D eigenvalue weighted by Crippen LogP contribution is 2.24. The molecule has 4 heteroatoms. The van der Waals surface area contributed by atoms with Crippen molar-refractivity contribution in [3.8, 4) is 11.5 Å². The molecule has 2 aromatic rings. The fraction of sp³-hybridized carbons (Fsp3) is 0.316.